The number of hydrogen-bond acceptors (Lipinski definition) is 5. The van der Waals surface area contributed by atoms with Gasteiger partial charge in [-0.05, 0) is 46.0 Å². The summed E-state index contributed by atoms with van der Waals surface area (Å²) in [6.45, 7) is 3.59. The maximum absolute atomic E-state index is 13.0. The summed E-state index contributed by atoms with van der Waals surface area (Å²) < 4.78 is 2.05. The molecule has 2 aromatic rings. The van der Waals surface area contributed by atoms with Crippen LogP contribution in [0.15, 0.2) is 24.3 Å². The molecule has 0 aliphatic carbocycles. The highest BCUT2D eigenvalue weighted by molar-refractivity contribution is 5.99. The Morgan fingerprint density at radius 3 is 2.67 bits per heavy atom. The van der Waals surface area contributed by atoms with Crippen molar-refractivity contribution in [2.45, 2.75) is 32.2 Å². The minimum atomic E-state index is -0.0336. The average molecular weight is 369 g/mol. The first-order valence-electron chi connectivity index (χ1n) is 9.30. The second-order valence-electron chi connectivity index (χ2n) is 7.50. The summed E-state index contributed by atoms with van der Waals surface area (Å²) in [7, 11) is 6.00. The summed E-state index contributed by atoms with van der Waals surface area (Å²) in [5.41, 5.74) is 1.13. The number of nitrogens with zero attached hydrogens (tertiary/aromatic N) is 5. The maximum atomic E-state index is 13.0. The molecule has 144 valence electrons. The van der Waals surface area contributed by atoms with Crippen LogP contribution in [-0.4, -0.2) is 63.4 Å². The normalized spacial score (nSPS) is 17.4. The molecular formula is C20H27N5O2. The van der Waals surface area contributed by atoms with Gasteiger partial charge in [0.15, 0.2) is 5.78 Å². The van der Waals surface area contributed by atoms with Crippen LogP contribution in [0.2, 0.25) is 0 Å². The lowest BCUT2D eigenvalue weighted by molar-refractivity contribution is 0.0703. The summed E-state index contributed by atoms with van der Waals surface area (Å²) in [5.74, 6) is 1.97. The predicted octanol–water partition coefficient (Wildman–Crippen LogP) is 2.10. The number of ketones is 1. The fraction of sp³-hybridized carbons (Fsp3) is 0.500. The van der Waals surface area contributed by atoms with Crippen molar-refractivity contribution in [1.82, 2.24) is 24.6 Å². The lowest BCUT2D eigenvalue weighted by Gasteiger charge is -2.32. The molecule has 0 bridgehead atoms. The molecule has 1 amide bonds. The number of hydrogen-bond donors (Lipinski definition) is 0. The Balaban J connectivity index is 1.76. The summed E-state index contributed by atoms with van der Waals surface area (Å²) >= 11 is 0. The van der Waals surface area contributed by atoms with Gasteiger partial charge in [0.05, 0.1) is 6.54 Å². The minimum Gasteiger partial charge on any atom is -0.338 e. The van der Waals surface area contributed by atoms with Gasteiger partial charge in [0, 0.05) is 37.2 Å². The van der Waals surface area contributed by atoms with Crippen LogP contribution in [0.25, 0.3) is 0 Å². The molecule has 0 N–H and O–H groups in total. The molecule has 0 unspecified atom stereocenters. The van der Waals surface area contributed by atoms with Crippen LogP contribution in [0.5, 0.6) is 0 Å². The highest BCUT2D eigenvalue weighted by Crippen LogP contribution is 2.27. The van der Waals surface area contributed by atoms with Crippen molar-refractivity contribution in [3.8, 4) is 0 Å². The number of amides is 1. The van der Waals surface area contributed by atoms with Crippen molar-refractivity contribution >= 4 is 11.7 Å². The molecule has 7 nitrogen and oxygen atoms in total. The van der Waals surface area contributed by atoms with Gasteiger partial charge in [-0.2, -0.15) is 0 Å². The van der Waals surface area contributed by atoms with Crippen LogP contribution in [-0.2, 0) is 13.6 Å². The molecule has 7 heteroatoms. The SMILES string of the molecule is CC(=O)c1cccc(C(=O)N2CCC[C@@H](c3nnc(CN(C)C)n3C)C2)c1. The second kappa shape index (κ2) is 8.00. The van der Waals surface area contributed by atoms with Gasteiger partial charge in [-0.15, -0.1) is 10.2 Å². The molecular weight excluding hydrogens is 342 g/mol. The van der Waals surface area contributed by atoms with Gasteiger partial charge < -0.3 is 14.4 Å². The van der Waals surface area contributed by atoms with E-state index in [1.165, 1.54) is 6.92 Å². The molecule has 3 rings (SSSR count). The molecule has 1 aliphatic heterocycles. The maximum Gasteiger partial charge on any atom is 0.253 e. The molecule has 27 heavy (non-hydrogen) atoms. The first-order chi connectivity index (χ1) is 12.9. The van der Waals surface area contributed by atoms with E-state index in [4.69, 9.17) is 0 Å². The average Bonchev–Trinajstić information content (AvgIpc) is 3.01. The fourth-order valence-electron chi connectivity index (χ4n) is 3.58. The molecule has 1 atom stereocenters. The highest BCUT2D eigenvalue weighted by Gasteiger charge is 2.29. The number of benzene rings is 1. The summed E-state index contributed by atoms with van der Waals surface area (Å²) in [6.07, 6.45) is 1.92. The number of likely N-dealkylation sites (tertiary alicyclic amines) is 1. The largest absolute Gasteiger partial charge is 0.338 e. The van der Waals surface area contributed by atoms with Crippen LogP contribution in [0.4, 0.5) is 0 Å². The van der Waals surface area contributed by atoms with Crippen molar-refractivity contribution in [3.63, 3.8) is 0 Å². The molecule has 1 aromatic heterocycles. The Kier molecular flexibility index (Phi) is 5.70. The fourth-order valence-corrected chi connectivity index (χ4v) is 3.58. The lowest BCUT2D eigenvalue weighted by atomic mass is 9.96. The van der Waals surface area contributed by atoms with Crippen molar-refractivity contribution in [3.05, 3.63) is 47.0 Å². The number of piperidine rings is 1. The molecule has 0 radical (unpaired) electrons. The number of carbonyl (C=O) groups excluding carboxylic acids is 2. The Bertz CT molecular complexity index is 843. The van der Waals surface area contributed by atoms with E-state index >= 15 is 0 Å². The molecule has 1 aromatic carbocycles. The summed E-state index contributed by atoms with van der Waals surface area (Å²) in [6, 6.07) is 6.97. The third-order valence-corrected chi connectivity index (χ3v) is 5.05. The topological polar surface area (TPSA) is 71.3 Å². The predicted molar refractivity (Wildman–Crippen MR) is 103 cm³/mol. The minimum absolute atomic E-state index is 0.0292. The van der Waals surface area contributed by atoms with Gasteiger partial charge in [0.2, 0.25) is 0 Å². The smallest absolute Gasteiger partial charge is 0.253 e. The molecule has 1 fully saturated rings. The van der Waals surface area contributed by atoms with Crippen molar-refractivity contribution in [2.75, 3.05) is 27.2 Å². The zero-order valence-corrected chi connectivity index (χ0v) is 16.5. The van der Waals surface area contributed by atoms with Crippen LogP contribution in [0.3, 0.4) is 0 Å². The summed E-state index contributed by atoms with van der Waals surface area (Å²) in [4.78, 5) is 28.5. The molecule has 2 heterocycles. The van der Waals surface area contributed by atoms with E-state index in [0.717, 1.165) is 37.6 Å². The van der Waals surface area contributed by atoms with Crippen LogP contribution < -0.4 is 0 Å². The third-order valence-electron chi connectivity index (χ3n) is 5.05. The highest BCUT2D eigenvalue weighted by atomic mass is 16.2. The number of carbonyl (C=O) groups is 2. The number of aromatic nitrogens is 3. The van der Waals surface area contributed by atoms with Crippen molar-refractivity contribution in [1.29, 1.82) is 0 Å². The quantitative estimate of drug-likeness (QED) is 0.755. The zero-order valence-electron chi connectivity index (χ0n) is 16.5. The van der Waals surface area contributed by atoms with Crippen molar-refractivity contribution < 1.29 is 9.59 Å². The van der Waals surface area contributed by atoms with E-state index in [-0.39, 0.29) is 17.6 Å². The van der Waals surface area contributed by atoms with Gasteiger partial charge in [-0.3, -0.25) is 9.59 Å². The van der Waals surface area contributed by atoms with Crippen LogP contribution >= 0.6 is 0 Å². The van der Waals surface area contributed by atoms with E-state index in [9.17, 15) is 9.59 Å². The Hall–Kier alpha value is -2.54. The third kappa shape index (κ3) is 4.24. The van der Waals surface area contributed by atoms with Gasteiger partial charge in [0.25, 0.3) is 5.91 Å². The first-order valence-corrected chi connectivity index (χ1v) is 9.30. The van der Waals surface area contributed by atoms with E-state index in [2.05, 4.69) is 19.7 Å². The van der Waals surface area contributed by atoms with E-state index in [0.29, 0.717) is 17.7 Å². The van der Waals surface area contributed by atoms with Crippen molar-refractivity contribution in [2.24, 2.45) is 7.05 Å². The van der Waals surface area contributed by atoms with Gasteiger partial charge in [-0.25, -0.2) is 0 Å². The Morgan fingerprint density at radius 2 is 1.96 bits per heavy atom. The number of Topliss-reactive ketones (excluding diaryl/α,β-unsaturated/α-hetero) is 1. The first kappa shape index (κ1) is 19.2. The van der Waals surface area contributed by atoms with Gasteiger partial charge in [0.1, 0.15) is 11.6 Å². The van der Waals surface area contributed by atoms with Crippen LogP contribution in [0, 0.1) is 0 Å². The van der Waals surface area contributed by atoms with Crippen LogP contribution in [0.1, 0.15) is 58.0 Å². The van der Waals surface area contributed by atoms with E-state index in [1.807, 2.05) is 26.0 Å². The number of rotatable bonds is 5. The Morgan fingerprint density at radius 1 is 1.22 bits per heavy atom. The molecule has 0 saturated carbocycles. The molecule has 1 saturated heterocycles. The second-order valence-corrected chi connectivity index (χ2v) is 7.50. The molecule has 0 spiro atoms. The van der Waals surface area contributed by atoms with E-state index in [1.54, 1.807) is 24.3 Å². The molecule has 1 aliphatic rings. The standard InChI is InChI=1S/C20H27N5O2/c1-14(26)15-7-5-8-16(11-15)20(27)25-10-6-9-17(12-25)19-22-21-18(24(19)4)13-23(2)3/h5,7-8,11,17H,6,9-10,12-13H2,1-4H3/t17-/m1/s1. The zero-order chi connectivity index (χ0) is 19.6. The van der Waals surface area contributed by atoms with Gasteiger partial charge in [-0.1, -0.05) is 12.1 Å². The Labute approximate surface area is 160 Å². The lowest BCUT2D eigenvalue weighted by Crippen LogP contribution is -2.39. The summed E-state index contributed by atoms with van der Waals surface area (Å²) in [5, 5.41) is 8.72. The van der Waals surface area contributed by atoms with Gasteiger partial charge >= 0.3 is 0 Å². The van der Waals surface area contributed by atoms with E-state index < -0.39 is 0 Å². The monoisotopic (exact) mass is 369 g/mol.